The first-order valence-corrected chi connectivity index (χ1v) is 16.6. The van der Waals surface area contributed by atoms with E-state index in [1.54, 1.807) is 34.6 Å². The van der Waals surface area contributed by atoms with E-state index >= 15 is 0 Å². The predicted molar refractivity (Wildman–Crippen MR) is 172 cm³/mol. The van der Waals surface area contributed by atoms with Crippen LogP contribution in [0.4, 0.5) is 17.6 Å². The number of rotatable bonds is 11. The zero-order valence-corrected chi connectivity index (χ0v) is 28.3. The van der Waals surface area contributed by atoms with Crippen LogP contribution >= 0.6 is 0 Å². The molecule has 3 N–H and O–H groups in total. The third-order valence-corrected chi connectivity index (χ3v) is 10.1. The Hall–Kier alpha value is -3.75. The molecule has 2 heterocycles. The van der Waals surface area contributed by atoms with E-state index < -0.39 is 57.0 Å². The molecule has 1 fully saturated rings. The molecule has 1 aliphatic carbocycles. The number of halogens is 4. The summed E-state index contributed by atoms with van der Waals surface area (Å²) in [5, 5.41) is 13.7. The first-order valence-electron chi connectivity index (χ1n) is 15.5. The molecule has 260 valence electrons. The SMILES string of the molecule is COc1cc(C(=O)NCC(O)(c2cc3c(c(-c4ccc(F)cc4)n2)OCC3(NS(=O)C(C)(C)C)C(C)C)C(F)(F)F)ccc1OC1CC1. The summed E-state index contributed by atoms with van der Waals surface area (Å²) in [6.07, 6.45) is -3.52. The van der Waals surface area contributed by atoms with Gasteiger partial charge in [0.25, 0.3) is 5.91 Å². The monoisotopic (exact) mass is 693 g/mol. The molecule has 3 atom stereocenters. The van der Waals surface area contributed by atoms with Crippen LogP contribution in [0, 0.1) is 11.7 Å². The molecule has 1 saturated carbocycles. The first kappa shape index (κ1) is 35.6. The molecule has 3 unspecified atom stereocenters. The molecule has 0 spiro atoms. The maximum atomic E-state index is 15.0. The van der Waals surface area contributed by atoms with Crippen molar-refractivity contribution in [1.82, 2.24) is 15.0 Å². The minimum absolute atomic E-state index is 0.0190. The second kappa shape index (κ2) is 12.9. The van der Waals surface area contributed by atoms with Crippen LogP contribution in [-0.2, 0) is 22.1 Å². The lowest BCUT2D eigenvalue weighted by Gasteiger charge is -2.36. The van der Waals surface area contributed by atoms with Crippen molar-refractivity contribution in [2.45, 2.75) is 75.6 Å². The van der Waals surface area contributed by atoms with E-state index in [0.717, 1.165) is 31.0 Å². The molecule has 2 aliphatic rings. The summed E-state index contributed by atoms with van der Waals surface area (Å²) < 4.78 is 91.7. The molecular weight excluding hydrogens is 654 g/mol. The lowest BCUT2D eigenvalue weighted by molar-refractivity contribution is -0.265. The van der Waals surface area contributed by atoms with Crippen molar-refractivity contribution in [1.29, 1.82) is 0 Å². The highest BCUT2D eigenvalue weighted by atomic mass is 32.2. The summed E-state index contributed by atoms with van der Waals surface area (Å²) >= 11 is 0. The number of pyridine rings is 1. The van der Waals surface area contributed by atoms with Gasteiger partial charge in [0.05, 0.1) is 46.7 Å². The van der Waals surface area contributed by atoms with Crippen LogP contribution in [0.1, 0.15) is 69.1 Å². The van der Waals surface area contributed by atoms with Gasteiger partial charge in [-0.05, 0) is 88.1 Å². The fourth-order valence-electron chi connectivity index (χ4n) is 5.21. The average molecular weight is 694 g/mol. The molecule has 14 heteroatoms. The standard InChI is InChI=1S/C34H39F4N3O6S/c1-19(2)32(41-48(44)31(3,4)5)18-46-29-24(32)16-27(40-28(29)20-7-10-22(35)11-8-20)33(43,34(36,37)38)17-39-30(42)21-9-14-25(26(15-21)45-6)47-23-12-13-23/h7-11,14-16,19,23,41,43H,12-13,17-18H2,1-6H3,(H,39,42). The summed E-state index contributed by atoms with van der Waals surface area (Å²) in [5.41, 5.74) is -5.49. The Bertz CT molecular complexity index is 1710. The van der Waals surface area contributed by atoms with Gasteiger partial charge in [0.15, 0.2) is 17.2 Å². The molecule has 1 aromatic heterocycles. The number of nitrogens with zero attached hydrogens (tertiary/aromatic N) is 1. The van der Waals surface area contributed by atoms with E-state index in [9.17, 15) is 31.7 Å². The van der Waals surface area contributed by atoms with E-state index in [-0.39, 0.29) is 52.5 Å². The van der Waals surface area contributed by atoms with Gasteiger partial charge in [0.2, 0.25) is 5.60 Å². The van der Waals surface area contributed by atoms with Gasteiger partial charge in [-0.3, -0.25) is 4.79 Å². The quantitative estimate of drug-likeness (QED) is 0.214. The van der Waals surface area contributed by atoms with Gasteiger partial charge < -0.3 is 24.6 Å². The Morgan fingerprint density at radius 2 is 1.77 bits per heavy atom. The zero-order valence-electron chi connectivity index (χ0n) is 27.5. The first-order chi connectivity index (χ1) is 22.4. The summed E-state index contributed by atoms with van der Waals surface area (Å²) in [6, 6.07) is 10.2. The molecule has 0 radical (unpaired) electrons. The van der Waals surface area contributed by atoms with Gasteiger partial charge in [-0.1, -0.05) is 13.8 Å². The third-order valence-electron chi connectivity index (χ3n) is 8.47. The van der Waals surface area contributed by atoms with Crippen molar-refractivity contribution < 1.29 is 45.9 Å². The van der Waals surface area contributed by atoms with Crippen molar-refractivity contribution in [3.8, 4) is 28.5 Å². The fraction of sp³-hybridized carbons (Fsp3) is 0.471. The Kier molecular flexibility index (Phi) is 9.58. The molecule has 0 bridgehead atoms. The third kappa shape index (κ3) is 6.88. The number of methoxy groups -OCH3 is 1. The Morgan fingerprint density at radius 1 is 1.10 bits per heavy atom. The van der Waals surface area contributed by atoms with Crippen molar-refractivity contribution in [3.63, 3.8) is 0 Å². The van der Waals surface area contributed by atoms with Gasteiger partial charge in [-0.2, -0.15) is 13.2 Å². The highest BCUT2D eigenvalue weighted by molar-refractivity contribution is 7.84. The molecule has 1 aliphatic heterocycles. The number of ether oxygens (including phenoxy) is 3. The van der Waals surface area contributed by atoms with Crippen molar-refractivity contribution >= 4 is 16.9 Å². The average Bonchev–Trinajstić information content (AvgIpc) is 3.77. The van der Waals surface area contributed by atoms with Crippen LogP contribution in [0.25, 0.3) is 11.3 Å². The largest absolute Gasteiger partial charge is 0.493 e. The number of nitrogens with one attached hydrogen (secondary N) is 2. The summed E-state index contributed by atoms with van der Waals surface area (Å²) in [7, 11) is -0.311. The molecule has 0 saturated heterocycles. The predicted octanol–water partition coefficient (Wildman–Crippen LogP) is 5.91. The number of carbonyl (C=O) groups excluding carboxylic acids is 1. The Morgan fingerprint density at radius 3 is 2.33 bits per heavy atom. The highest BCUT2D eigenvalue weighted by Gasteiger charge is 2.58. The smallest absolute Gasteiger partial charge is 0.424 e. The maximum Gasteiger partial charge on any atom is 0.424 e. The van der Waals surface area contributed by atoms with Crippen LogP contribution in [0.5, 0.6) is 17.2 Å². The summed E-state index contributed by atoms with van der Waals surface area (Å²) in [4.78, 5) is 17.4. The topological polar surface area (TPSA) is 119 Å². The number of hydrogen-bond donors (Lipinski definition) is 3. The van der Waals surface area contributed by atoms with Gasteiger partial charge in [-0.15, -0.1) is 0 Å². The normalized spacial score (nSPS) is 19.7. The highest BCUT2D eigenvalue weighted by Crippen LogP contribution is 2.49. The molecule has 2 aromatic carbocycles. The number of carbonyl (C=O) groups is 1. The molecule has 9 nitrogen and oxygen atoms in total. The summed E-state index contributed by atoms with van der Waals surface area (Å²) in [5.74, 6) is -1.13. The second-order valence-corrected chi connectivity index (χ2v) is 15.3. The van der Waals surface area contributed by atoms with E-state index in [1.807, 2.05) is 0 Å². The Labute approximate surface area is 279 Å². The van der Waals surface area contributed by atoms with E-state index in [1.165, 1.54) is 37.4 Å². The van der Waals surface area contributed by atoms with E-state index in [2.05, 4.69) is 15.0 Å². The van der Waals surface area contributed by atoms with Crippen molar-refractivity contribution in [2.24, 2.45) is 5.92 Å². The zero-order chi connectivity index (χ0) is 35.2. The van der Waals surface area contributed by atoms with Crippen LogP contribution in [-0.4, -0.2) is 57.5 Å². The van der Waals surface area contributed by atoms with Crippen LogP contribution < -0.4 is 24.2 Å². The number of alkyl halides is 3. The lowest BCUT2D eigenvalue weighted by atomic mass is 9.81. The lowest BCUT2D eigenvalue weighted by Crippen LogP contribution is -2.53. The van der Waals surface area contributed by atoms with Gasteiger partial charge in [-0.25, -0.2) is 18.3 Å². The molecule has 1 amide bonds. The molecule has 48 heavy (non-hydrogen) atoms. The van der Waals surface area contributed by atoms with E-state index in [0.29, 0.717) is 5.75 Å². The van der Waals surface area contributed by atoms with Crippen LogP contribution in [0.2, 0.25) is 0 Å². The Balaban J connectivity index is 1.59. The fourth-order valence-corrected chi connectivity index (χ4v) is 6.25. The van der Waals surface area contributed by atoms with Crippen LogP contribution in [0.15, 0.2) is 48.5 Å². The second-order valence-electron chi connectivity index (χ2n) is 13.4. The van der Waals surface area contributed by atoms with E-state index in [4.69, 9.17) is 14.2 Å². The van der Waals surface area contributed by atoms with Crippen molar-refractivity contribution in [3.05, 3.63) is 71.2 Å². The summed E-state index contributed by atoms with van der Waals surface area (Å²) in [6.45, 7) is 7.43. The molecular formula is C34H39F4N3O6S. The minimum Gasteiger partial charge on any atom is -0.493 e. The molecule has 3 aromatic rings. The number of hydrogen-bond acceptors (Lipinski definition) is 7. The van der Waals surface area contributed by atoms with Gasteiger partial charge in [0, 0.05) is 16.7 Å². The number of fused-ring (bicyclic) bond motifs is 1. The minimum atomic E-state index is -5.33. The number of amides is 1. The van der Waals surface area contributed by atoms with Crippen molar-refractivity contribution in [2.75, 3.05) is 20.3 Å². The molecule has 5 rings (SSSR count). The van der Waals surface area contributed by atoms with Crippen LogP contribution in [0.3, 0.4) is 0 Å². The number of aliphatic hydroxyl groups is 1. The maximum absolute atomic E-state index is 15.0. The number of benzene rings is 2. The van der Waals surface area contributed by atoms with Gasteiger partial charge >= 0.3 is 6.18 Å². The number of aromatic nitrogens is 1. The van der Waals surface area contributed by atoms with Gasteiger partial charge in [0.1, 0.15) is 18.1 Å².